The van der Waals surface area contributed by atoms with Crippen molar-refractivity contribution in [2.45, 2.75) is 25.7 Å². The van der Waals surface area contributed by atoms with Gasteiger partial charge in [-0.1, -0.05) is 29.8 Å². The van der Waals surface area contributed by atoms with Gasteiger partial charge in [0, 0.05) is 30.0 Å². The SMILES string of the molecule is Clc1ccccc1-c1nc(CN2CCCC(C3OCCO3)C2)cs1. The summed E-state index contributed by atoms with van der Waals surface area (Å²) in [6.45, 7) is 4.47. The van der Waals surface area contributed by atoms with E-state index in [-0.39, 0.29) is 6.29 Å². The van der Waals surface area contributed by atoms with Crippen LogP contribution in [0.5, 0.6) is 0 Å². The number of hydrogen-bond donors (Lipinski definition) is 0. The summed E-state index contributed by atoms with van der Waals surface area (Å²) in [5.41, 5.74) is 2.13. The highest BCUT2D eigenvalue weighted by Crippen LogP contribution is 2.31. The van der Waals surface area contributed by atoms with E-state index in [9.17, 15) is 0 Å². The average Bonchev–Trinajstić information content (AvgIpc) is 3.27. The number of rotatable bonds is 4. The number of piperidine rings is 1. The molecule has 2 fully saturated rings. The smallest absolute Gasteiger partial charge is 0.161 e. The Morgan fingerprint density at radius 3 is 2.92 bits per heavy atom. The van der Waals surface area contributed by atoms with Gasteiger partial charge in [-0.25, -0.2) is 4.98 Å². The second-order valence-electron chi connectivity index (χ2n) is 6.37. The van der Waals surface area contributed by atoms with E-state index in [2.05, 4.69) is 10.3 Å². The van der Waals surface area contributed by atoms with E-state index in [0.717, 1.165) is 54.1 Å². The van der Waals surface area contributed by atoms with E-state index in [1.807, 2.05) is 24.3 Å². The van der Waals surface area contributed by atoms with Crippen LogP contribution in [-0.2, 0) is 16.0 Å². The molecule has 6 heteroatoms. The first kappa shape index (κ1) is 16.5. The van der Waals surface area contributed by atoms with Crippen LogP contribution < -0.4 is 0 Å². The van der Waals surface area contributed by atoms with Gasteiger partial charge < -0.3 is 9.47 Å². The molecule has 1 aromatic carbocycles. The molecule has 2 aromatic rings. The molecule has 4 rings (SSSR count). The van der Waals surface area contributed by atoms with Crippen molar-refractivity contribution in [1.82, 2.24) is 9.88 Å². The van der Waals surface area contributed by atoms with Crippen molar-refractivity contribution in [2.24, 2.45) is 5.92 Å². The zero-order valence-corrected chi connectivity index (χ0v) is 15.1. The lowest BCUT2D eigenvalue weighted by molar-refractivity contribution is -0.101. The molecule has 128 valence electrons. The van der Waals surface area contributed by atoms with Crippen LogP contribution in [0.25, 0.3) is 10.6 Å². The number of ether oxygens (including phenoxy) is 2. The van der Waals surface area contributed by atoms with E-state index in [1.54, 1.807) is 11.3 Å². The fraction of sp³-hybridized carbons (Fsp3) is 0.500. The molecule has 0 radical (unpaired) electrons. The van der Waals surface area contributed by atoms with E-state index in [0.29, 0.717) is 5.92 Å². The van der Waals surface area contributed by atoms with Crippen LogP contribution >= 0.6 is 22.9 Å². The number of halogens is 1. The largest absolute Gasteiger partial charge is 0.350 e. The summed E-state index contributed by atoms with van der Waals surface area (Å²) in [5, 5.41) is 3.89. The van der Waals surface area contributed by atoms with Gasteiger partial charge in [-0.3, -0.25) is 4.90 Å². The number of nitrogens with zero attached hydrogens (tertiary/aromatic N) is 2. The van der Waals surface area contributed by atoms with Gasteiger partial charge in [-0.2, -0.15) is 0 Å². The molecule has 2 aliphatic heterocycles. The van der Waals surface area contributed by atoms with E-state index >= 15 is 0 Å². The van der Waals surface area contributed by atoms with Gasteiger partial charge >= 0.3 is 0 Å². The molecule has 1 aromatic heterocycles. The molecule has 0 amide bonds. The quantitative estimate of drug-likeness (QED) is 0.819. The van der Waals surface area contributed by atoms with Gasteiger partial charge in [0.1, 0.15) is 5.01 Å². The van der Waals surface area contributed by atoms with Crippen molar-refractivity contribution < 1.29 is 9.47 Å². The lowest BCUT2D eigenvalue weighted by atomic mass is 9.97. The van der Waals surface area contributed by atoms with E-state index in [1.165, 1.54) is 12.8 Å². The molecule has 24 heavy (non-hydrogen) atoms. The predicted octanol–water partition coefficient (Wildman–Crippen LogP) is 4.05. The zero-order chi connectivity index (χ0) is 16.4. The van der Waals surface area contributed by atoms with Gasteiger partial charge in [-0.15, -0.1) is 11.3 Å². The normalized spacial score (nSPS) is 23.0. The lowest BCUT2D eigenvalue weighted by Crippen LogP contribution is -2.40. The molecular formula is C18H21ClN2O2S. The predicted molar refractivity (Wildman–Crippen MR) is 96.3 cm³/mol. The van der Waals surface area contributed by atoms with Crippen molar-refractivity contribution in [3.8, 4) is 10.6 Å². The second-order valence-corrected chi connectivity index (χ2v) is 7.64. The average molecular weight is 365 g/mol. The Labute approximate surface area is 151 Å². The third-order valence-corrected chi connectivity index (χ3v) is 5.87. The van der Waals surface area contributed by atoms with Crippen molar-refractivity contribution >= 4 is 22.9 Å². The Hall–Kier alpha value is -0.980. The minimum Gasteiger partial charge on any atom is -0.350 e. The maximum absolute atomic E-state index is 6.28. The Bertz CT molecular complexity index is 687. The standard InChI is InChI=1S/C18H21ClN2O2S/c19-16-6-2-1-5-15(16)17-20-14(12-24-17)11-21-7-3-4-13(10-21)18-22-8-9-23-18/h1-2,5-6,12-13,18H,3-4,7-11H2. The monoisotopic (exact) mass is 364 g/mol. The highest BCUT2D eigenvalue weighted by Gasteiger charge is 2.31. The number of thiazole rings is 1. The molecule has 0 aliphatic carbocycles. The van der Waals surface area contributed by atoms with Crippen molar-refractivity contribution in [1.29, 1.82) is 0 Å². The first-order valence-electron chi connectivity index (χ1n) is 8.44. The van der Waals surface area contributed by atoms with Crippen LogP contribution in [0.15, 0.2) is 29.6 Å². The Balaban J connectivity index is 1.41. The Kier molecular flexibility index (Phi) is 5.15. The Morgan fingerprint density at radius 1 is 1.25 bits per heavy atom. The van der Waals surface area contributed by atoms with Gasteiger partial charge in [-0.05, 0) is 25.5 Å². The molecule has 0 N–H and O–H groups in total. The molecule has 0 saturated carbocycles. The van der Waals surface area contributed by atoms with Crippen LogP contribution in [0.2, 0.25) is 5.02 Å². The van der Waals surface area contributed by atoms with Gasteiger partial charge in [0.05, 0.1) is 23.9 Å². The minimum absolute atomic E-state index is 0.0121. The van der Waals surface area contributed by atoms with Crippen molar-refractivity contribution in [2.75, 3.05) is 26.3 Å². The number of aromatic nitrogens is 1. The molecule has 2 aliphatic rings. The van der Waals surface area contributed by atoms with Gasteiger partial charge in [0.25, 0.3) is 0 Å². The maximum atomic E-state index is 6.28. The second kappa shape index (κ2) is 7.50. The van der Waals surface area contributed by atoms with Crippen LogP contribution in [0.4, 0.5) is 0 Å². The molecule has 1 unspecified atom stereocenters. The number of likely N-dealkylation sites (tertiary alicyclic amines) is 1. The molecule has 1 atom stereocenters. The maximum Gasteiger partial charge on any atom is 0.161 e. The topological polar surface area (TPSA) is 34.6 Å². The van der Waals surface area contributed by atoms with Crippen LogP contribution in [0, 0.1) is 5.92 Å². The third kappa shape index (κ3) is 3.65. The molecule has 3 heterocycles. The summed E-state index contributed by atoms with van der Waals surface area (Å²) in [7, 11) is 0. The Morgan fingerprint density at radius 2 is 2.08 bits per heavy atom. The molecule has 2 saturated heterocycles. The molecule has 0 bridgehead atoms. The fourth-order valence-corrected chi connectivity index (χ4v) is 4.60. The third-order valence-electron chi connectivity index (χ3n) is 4.62. The first-order chi connectivity index (χ1) is 11.8. The summed E-state index contributed by atoms with van der Waals surface area (Å²) in [5.74, 6) is 0.475. The van der Waals surface area contributed by atoms with E-state index in [4.69, 9.17) is 26.1 Å². The molecule has 0 spiro atoms. The molecule has 4 nitrogen and oxygen atoms in total. The summed E-state index contributed by atoms with van der Waals surface area (Å²) in [4.78, 5) is 7.25. The highest BCUT2D eigenvalue weighted by molar-refractivity contribution is 7.13. The van der Waals surface area contributed by atoms with E-state index < -0.39 is 0 Å². The molecular weight excluding hydrogens is 344 g/mol. The van der Waals surface area contributed by atoms with Gasteiger partial charge in [0.2, 0.25) is 0 Å². The van der Waals surface area contributed by atoms with Crippen LogP contribution in [-0.4, -0.2) is 42.5 Å². The van der Waals surface area contributed by atoms with Gasteiger partial charge in [0.15, 0.2) is 6.29 Å². The van der Waals surface area contributed by atoms with Crippen molar-refractivity contribution in [3.05, 3.63) is 40.4 Å². The lowest BCUT2D eigenvalue weighted by Gasteiger charge is -2.34. The first-order valence-corrected chi connectivity index (χ1v) is 9.70. The number of hydrogen-bond acceptors (Lipinski definition) is 5. The minimum atomic E-state index is -0.0121. The highest BCUT2D eigenvalue weighted by atomic mass is 35.5. The van der Waals surface area contributed by atoms with Crippen molar-refractivity contribution in [3.63, 3.8) is 0 Å². The van der Waals surface area contributed by atoms with Crippen LogP contribution in [0.1, 0.15) is 18.5 Å². The zero-order valence-electron chi connectivity index (χ0n) is 13.5. The summed E-state index contributed by atoms with van der Waals surface area (Å²) < 4.78 is 11.4. The fourth-order valence-electron chi connectivity index (χ4n) is 3.47. The number of benzene rings is 1. The summed E-state index contributed by atoms with van der Waals surface area (Å²) in [6, 6.07) is 7.88. The summed E-state index contributed by atoms with van der Waals surface area (Å²) >= 11 is 7.94. The summed E-state index contributed by atoms with van der Waals surface area (Å²) in [6.07, 6.45) is 2.36. The van der Waals surface area contributed by atoms with Crippen LogP contribution in [0.3, 0.4) is 0 Å².